The lowest BCUT2D eigenvalue weighted by Gasteiger charge is -2.22. The van der Waals surface area contributed by atoms with Crippen molar-refractivity contribution in [3.8, 4) is 0 Å². The first-order valence-corrected chi connectivity index (χ1v) is 6.20. The second kappa shape index (κ2) is 4.73. The molecule has 0 bridgehead atoms. The minimum absolute atomic E-state index is 0.240. The highest BCUT2D eigenvalue weighted by Gasteiger charge is 2.62. The maximum absolute atomic E-state index is 12.2. The standard InChI is InChI=1S/C8H17O5P/c1-4-12-14(9,13-5-2)8(6-10-3)7-11-8/h4-7H2,1-3H3. The molecule has 1 fully saturated rings. The molecule has 1 unspecified atom stereocenters. The Labute approximate surface area is 84.2 Å². The molecule has 0 radical (unpaired) electrons. The molecule has 0 aromatic carbocycles. The molecule has 0 spiro atoms. The Kier molecular flexibility index (Phi) is 4.10. The summed E-state index contributed by atoms with van der Waals surface area (Å²) in [5, 5.41) is -0.853. The molecule has 6 heteroatoms. The molecule has 1 aliphatic rings. The molecule has 1 atom stereocenters. The van der Waals surface area contributed by atoms with Gasteiger partial charge in [-0.1, -0.05) is 0 Å². The Balaban J connectivity index is 2.71. The second-order valence-corrected chi connectivity index (χ2v) is 5.33. The predicted octanol–water partition coefficient (Wildman–Crippen LogP) is 1.63. The summed E-state index contributed by atoms with van der Waals surface area (Å²) in [5.41, 5.74) is 0. The van der Waals surface area contributed by atoms with Crippen molar-refractivity contribution in [1.29, 1.82) is 0 Å². The topological polar surface area (TPSA) is 57.3 Å². The van der Waals surface area contributed by atoms with Gasteiger partial charge < -0.3 is 18.5 Å². The Morgan fingerprint density at radius 3 is 2.14 bits per heavy atom. The van der Waals surface area contributed by atoms with Crippen molar-refractivity contribution in [3.05, 3.63) is 0 Å². The lowest BCUT2D eigenvalue weighted by atomic mass is 10.5. The molecule has 14 heavy (non-hydrogen) atoms. The van der Waals surface area contributed by atoms with E-state index in [4.69, 9.17) is 18.5 Å². The number of hydrogen-bond acceptors (Lipinski definition) is 5. The van der Waals surface area contributed by atoms with Crippen LogP contribution in [0.15, 0.2) is 0 Å². The second-order valence-electron chi connectivity index (χ2n) is 3.00. The molecule has 0 amide bonds. The summed E-state index contributed by atoms with van der Waals surface area (Å²) in [6, 6.07) is 0. The summed E-state index contributed by atoms with van der Waals surface area (Å²) in [7, 11) is -1.64. The maximum atomic E-state index is 12.2. The molecule has 84 valence electrons. The van der Waals surface area contributed by atoms with Crippen molar-refractivity contribution in [3.63, 3.8) is 0 Å². The molecular weight excluding hydrogens is 207 g/mol. The third-order valence-electron chi connectivity index (χ3n) is 1.94. The normalized spacial score (nSPS) is 26.5. The molecular formula is C8H17O5P. The fourth-order valence-electron chi connectivity index (χ4n) is 1.24. The third kappa shape index (κ3) is 2.18. The number of rotatable bonds is 7. The van der Waals surface area contributed by atoms with E-state index in [0.29, 0.717) is 19.8 Å². The molecule has 1 saturated heterocycles. The summed E-state index contributed by atoms with van der Waals surface area (Å²) >= 11 is 0. The van der Waals surface area contributed by atoms with Gasteiger partial charge in [-0.3, -0.25) is 4.57 Å². The van der Waals surface area contributed by atoms with Crippen molar-refractivity contribution in [2.75, 3.05) is 33.5 Å². The van der Waals surface area contributed by atoms with E-state index in [9.17, 15) is 4.57 Å². The van der Waals surface area contributed by atoms with Gasteiger partial charge in [-0.2, -0.15) is 0 Å². The average Bonchev–Trinajstić information content (AvgIpc) is 2.87. The molecule has 0 aromatic rings. The quantitative estimate of drug-likeness (QED) is 0.486. The van der Waals surface area contributed by atoms with E-state index in [1.165, 1.54) is 7.11 Å². The van der Waals surface area contributed by atoms with Gasteiger partial charge in [0.2, 0.25) is 5.34 Å². The van der Waals surface area contributed by atoms with Crippen LogP contribution in [0.1, 0.15) is 13.8 Å². The van der Waals surface area contributed by atoms with Crippen LogP contribution in [0.25, 0.3) is 0 Å². The zero-order valence-electron chi connectivity index (χ0n) is 8.82. The first kappa shape index (κ1) is 12.1. The third-order valence-corrected chi connectivity index (χ3v) is 4.53. The van der Waals surface area contributed by atoms with Crippen LogP contribution in [0, 0.1) is 0 Å². The average molecular weight is 224 g/mol. The summed E-state index contributed by atoms with van der Waals surface area (Å²) in [6.07, 6.45) is 0. The molecule has 0 aromatic heterocycles. The van der Waals surface area contributed by atoms with Crippen LogP contribution in [0.5, 0.6) is 0 Å². The molecule has 1 aliphatic heterocycles. The molecule has 1 rings (SSSR count). The summed E-state index contributed by atoms with van der Waals surface area (Å²) in [4.78, 5) is 0. The Morgan fingerprint density at radius 2 is 1.86 bits per heavy atom. The highest BCUT2D eigenvalue weighted by molar-refractivity contribution is 7.55. The van der Waals surface area contributed by atoms with E-state index in [-0.39, 0.29) is 6.61 Å². The lowest BCUT2D eigenvalue weighted by molar-refractivity contribution is 0.121. The van der Waals surface area contributed by atoms with E-state index in [2.05, 4.69) is 0 Å². The number of epoxide rings is 1. The van der Waals surface area contributed by atoms with Crippen LogP contribution >= 0.6 is 7.60 Å². The van der Waals surface area contributed by atoms with Crippen LogP contribution < -0.4 is 0 Å². The minimum atomic E-state index is -3.17. The molecule has 0 saturated carbocycles. The largest absolute Gasteiger partial charge is 0.381 e. The lowest BCUT2D eigenvalue weighted by Crippen LogP contribution is -2.22. The van der Waals surface area contributed by atoms with E-state index in [0.717, 1.165) is 0 Å². The van der Waals surface area contributed by atoms with Gasteiger partial charge in [-0.25, -0.2) is 0 Å². The predicted molar refractivity (Wildman–Crippen MR) is 51.4 cm³/mol. The van der Waals surface area contributed by atoms with Crippen LogP contribution in [0.4, 0.5) is 0 Å². The monoisotopic (exact) mass is 224 g/mol. The van der Waals surface area contributed by atoms with E-state index >= 15 is 0 Å². The van der Waals surface area contributed by atoms with E-state index in [1.54, 1.807) is 13.8 Å². The van der Waals surface area contributed by atoms with E-state index < -0.39 is 12.9 Å². The maximum Gasteiger partial charge on any atom is 0.367 e. The highest BCUT2D eigenvalue weighted by Crippen LogP contribution is 2.66. The van der Waals surface area contributed by atoms with Gasteiger partial charge in [0.1, 0.15) is 0 Å². The minimum Gasteiger partial charge on any atom is -0.381 e. The number of hydrogen-bond donors (Lipinski definition) is 0. The first-order chi connectivity index (χ1) is 6.64. The van der Waals surface area contributed by atoms with Crippen LogP contribution in [0.2, 0.25) is 0 Å². The van der Waals surface area contributed by atoms with Crippen LogP contribution in [-0.2, 0) is 23.1 Å². The summed E-state index contributed by atoms with van der Waals surface area (Å²) in [6.45, 7) is 4.84. The Morgan fingerprint density at radius 1 is 1.36 bits per heavy atom. The molecule has 1 heterocycles. The zero-order chi connectivity index (χ0) is 10.7. The highest BCUT2D eigenvalue weighted by atomic mass is 31.2. The summed E-state index contributed by atoms with van der Waals surface area (Å²) in [5.74, 6) is 0. The Bertz CT molecular complexity index is 216. The van der Waals surface area contributed by atoms with Gasteiger partial charge in [-0.05, 0) is 13.8 Å². The van der Waals surface area contributed by atoms with E-state index in [1.807, 2.05) is 0 Å². The van der Waals surface area contributed by atoms with Crippen LogP contribution in [-0.4, -0.2) is 38.9 Å². The van der Waals surface area contributed by atoms with Gasteiger partial charge in [0.25, 0.3) is 0 Å². The smallest absolute Gasteiger partial charge is 0.367 e. The van der Waals surface area contributed by atoms with Crippen molar-refractivity contribution in [1.82, 2.24) is 0 Å². The first-order valence-electron chi connectivity index (χ1n) is 4.66. The van der Waals surface area contributed by atoms with Crippen molar-refractivity contribution >= 4 is 7.60 Å². The van der Waals surface area contributed by atoms with Gasteiger partial charge in [0, 0.05) is 7.11 Å². The van der Waals surface area contributed by atoms with Gasteiger partial charge in [0.05, 0.1) is 26.4 Å². The van der Waals surface area contributed by atoms with Crippen molar-refractivity contribution < 1.29 is 23.1 Å². The fourth-order valence-corrected chi connectivity index (χ4v) is 3.13. The fraction of sp³-hybridized carbons (Fsp3) is 1.00. The van der Waals surface area contributed by atoms with Crippen LogP contribution in [0.3, 0.4) is 0 Å². The summed E-state index contributed by atoms with van der Waals surface area (Å²) < 4.78 is 32.7. The van der Waals surface area contributed by atoms with Gasteiger partial charge in [0.15, 0.2) is 0 Å². The SMILES string of the molecule is CCOP(=O)(OCC)C1(COC)CO1. The van der Waals surface area contributed by atoms with Gasteiger partial charge in [-0.15, -0.1) is 0 Å². The Hall–Kier alpha value is 0.0700. The van der Waals surface area contributed by atoms with Crippen molar-refractivity contribution in [2.24, 2.45) is 0 Å². The molecule has 5 nitrogen and oxygen atoms in total. The number of methoxy groups -OCH3 is 1. The number of ether oxygens (including phenoxy) is 2. The molecule has 0 N–H and O–H groups in total. The van der Waals surface area contributed by atoms with Gasteiger partial charge >= 0.3 is 7.60 Å². The molecule has 0 aliphatic carbocycles. The van der Waals surface area contributed by atoms with Crippen molar-refractivity contribution in [2.45, 2.75) is 19.2 Å². The zero-order valence-corrected chi connectivity index (χ0v) is 9.71.